The maximum atomic E-state index is 5.59. The Morgan fingerprint density at radius 1 is 1.47 bits per heavy atom. The van der Waals surface area contributed by atoms with E-state index in [0.717, 1.165) is 18.8 Å². The lowest BCUT2D eigenvalue weighted by atomic mass is 9.95. The SMILES string of the molecule is C=CCOc1ccc2c(c1)[C@H](Br)CNC[C@@H]2C. The molecule has 1 aromatic rings. The van der Waals surface area contributed by atoms with Crippen LogP contribution in [0.1, 0.15) is 28.8 Å². The Morgan fingerprint density at radius 2 is 2.29 bits per heavy atom. The maximum Gasteiger partial charge on any atom is 0.120 e. The first kappa shape index (κ1) is 12.7. The molecule has 1 aliphatic heterocycles. The fraction of sp³-hybridized carbons (Fsp3) is 0.429. The van der Waals surface area contributed by atoms with Crippen molar-refractivity contribution in [1.82, 2.24) is 5.32 Å². The predicted molar refractivity (Wildman–Crippen MR) is 75.1 cm³/mol. The number of hydrogen-bond acceptors (Lipinski definition) is 2. The molecule has 2 nitrogen and oxygen atoms in total. The van der Waals surface area contributed by atoms with E-state index in [9.17, 15) is 0 Å². The summed E-state index contributed by atoms with van der Waals surface area (Å²) in [5.74, 6) is 1.46. The molecule has 2 atom stereocenters. The van der Waals surface area contributed by atoms with E-state index in [1.807, 2.05) is 6.07 Å². The monoisotopic (exact) mass is 295 g/mol. The van der Waals surface area contributed by atoms with Crippen molar-refractivity contribution in [3.63, 3.8) is 0 Å². The van der Waals surface area contributed by atoms with Gasteiger partial charge in [0, 0.05) is 13.1 Å². The number of benzene rings is 1. The van der Waals surface area contributed by atoms with Gasteiger partial charge in [-0.3, -0.25) is 0 Å². The predicted octanol–water partition coefficient (Wildman–Crippen LogP) is 3.39. The molecule has 0 unspecified atom stereocenters. The third-order valence-electron chi connectivity index (χ3n) is 3.07. The van der Waals surface area contributed by atoms with Gasteiger partial charge in [-0.15, -0.1) is 0 Å². The molecule has 3 heteroatoms. The summed E-state index contributed by atoms with van der Waals surface area (Å²) in [5, 5.41) is 3.45. The van der Waals surface area contributed by atoms with Crippen LogP contribution >= 0.6 is 15.9 Å². The average molecular weight is 296 g/mol. The molecule has 0 aliphatic carbocycles. The summed E-state index contributed by atoms with van der Waals surface area (Å²) in [6, 6.07) is 6.37. The van der Waals surface area contributed by atoms with Crippen molar-refractivity contribution in [2.24, 2.45) is 0 Å². The van der Waals surface area contributed by atoms with Crippen LogP contribution in [0.3, 0.4) is 0 Å². The van der Waals surface area contributed by atoms with Crippen LogP contribution in [0, 0.1) is 0 Å². The van der Waals surface area contributed by atoms with Gasteiger partial charge in [-0.25, -0.2) is 0 Å². The third-order valence-corrected chi connectivity index (χ3v) is 3.89. The Kier molecular flexibility index (Phi) is 4.24. The van der Waals surface area contributed by atoms with Crippen LogP contribution < -0.4 is 10.1 Å². The van der Waals surface area contributed by atoms with Crippen molar-refractivity contribution in [2.45, 2.75) is 17.7 Å². The molecule has 1 heterocycles. The van der Waals surface area contributed by atoms with E-state index in [-0.39, 0.29) is 0 Å². The Morgan fingerprint density at radius 3 is 3.06 bits per heavy atom. The van der Waals surface area contributed by atoms with E-state index < -0.39 is 0 Å². The topological polar surface area (TPSA) is 21.3 Å². The summed E-state index contributed by atoms with van der Waals surface area (Å²) < 4.78 is 5.59. The molecular formula is C14H18BrNO. The summed E-state index contributed by atoms with van der Waals surface area (Å²) in [4.78, 5) is 0.356. The van der Waals surface area contributed by atoms with Crippen LogP contribution in [0.25, 0.3) is 0 Å². The van der Waals surface area contributed by atoms with Crippen molar-refractivity contribution in [3.8, 4) is 5.75 Å². The lowest BCUT2D eigenvalue weighted by Crippen LogP contribution is -2.19. The van der Waals surface area contributed by atoms with Crippen molar-refractivity contribution >= 4 is 15.9 Å². The van der Waals surface area contributed by atoms with Gasteiger partial charge in [-0.1, -0.05) is 41.6 Å². The Balaban J connectivity index is 2.31. The minimum absolute atomic E-state index is 0.356. The number of rotatable bonds is 3. The Hall–Kier alpha value is -0.800. The number of ether oxygens (including phenoxy) is 1. The highest BCUT2D eigenvalue weighted by atomic mass is 79.9. The molecule has 0 fully saturated rings. The van der Waals surface area contributed by atoms with Gasteiger partial charge in [0.25, 0.3) is 0 Å². The molecule has 1 aromatic carbocycles. The Labute approximate surface area is 111 Å². The van der Waals surface area contributed by atoms with E-state index in [1.165, 1.54) is 11.1 Å². The van der Waals surface area contributed by atoms with Gasteiger partial charge >= 0.3 is 0 Å². The highest BCUT2D eigenvalue weighted by Crippen LogP contribution is 2.34. The summed E-state index contributed by atoms with van der Waals surface area (Å²) in [6.07, 6.45) is 1.77. The highest BCUT2D eigenvalue weighted by Gasteiger charge is 2.20. The summed E-state index contributed by atoms with van der Waals surface area (Å²) >= 11 is 3.73. The quantitative estimate of drug-likeness (QED) is 0.682. The van der Waals surface area contributed by atoms with Crippen LogP contribution in [-0.4, -0.2) is 19.7 Å². The number of nitrogens with one attached hydrogen (secondary N) is 1. The summed E-state index contributed by atoms with van der Waals surface area (Å²) in [5.41, 5.74) is 2.74. The van der Waals surface area contributed by atoms with Crippen molar-refractivity contribution in [1.29, 1.82) is 0 Å². The number of halogens is 1. The molecule has 0 bridgehead atoms. The molecule has 0 spiro atoms. The molecular weight excluding hydrogens is 278 g/mol. The van der Waals surface area contributed by atoms with Gasteiger partial charge in [-0.2, -0.15) is 0 Å². The maximum absolute atomic E-state index is 5.59. The van der Waals surface area contributed by atoms with Crippen LogP contribution in [0.15, 0.2) is 30.9 Å². The minimum atomic E-state index is 0.356. The Bertz CT molecular complexity index is 405. The zero-order valence-electron chi connectivity index (χ0n) is 10.1. The van der Waals surface area contributed by atoms with Crippen LogP contribution in [0.4, 0.5) is 0 Å². The second kappa shape index (κ2) is 5.69. The third kappa shape index (κ3) is 2.90. The van der Waals surface area contributed by atoms with Crippen molar-refractivity contribution < 1.29 is 4.74 Å². The van der Waals surface area contributed by atoms with Crippen LogP contribution in [0.2, 0.25) is 0 Å². The molecule has 2 rings (SSSR count). The van der Waals surface area contributed by atoms with Gasteiger partial charge in [-0.05, 0) is 29.2 Å². The molecule has 1 aliphatic rings. The molecule has 0 saturated carbocycles. The molecule has 0 saturated heterocycles. The molecule has 0 radical (unpaired) electrons. The van der Waals surface area contributed by atoms with Gasteiger partial charge in [0.2, 0.25) is 0 Å². The minimum Gasteiger partial charge on any atom is -0.490 e. The van der Waals surface area contributed by atoms with Gasteiger partial charge in [0.15, 0.2) is 0 Å². The first-order valence-corrected chi connectivity index (χ1v) is 6.86. The molecule has 92 valence electrons. The smallest absolute Gasteiger partial charge is 0.120 e. The average Bonchev–Trinajstić information content (AvgIpc) is 2.48. The molecule has 0 amide bonds. The zero-order valence-corrected chi connectivity index (χ0v) is 11.7. The first-order chi connectivity index (χ1) is 8.22. The lowest BCUT2D eigenvalue weighted by Gasteiger charge is -2.15. The van der Waals surface area contributed by atoms with Crippen molar-refractivity contribution in [3.05, 3.63) is 42.0 Å². The number of alkyl halides is 1. The van der Waals surface area contributed by atoms with E-state index in [0.29, 0.717) is 17.4 Å². The van der Waals surface area contributed by atoms with Crippen molar-refractivity contribution in [2.75, 3.05) is 19.7 Å². The first-order valence-electron chi connectivity index (χ1n) is 5.94. The van der Waals surface area contributed by atoms with Crippen LogP contribution in [0.5, 0.6) is 5.75 Å². The standard InChI is InChI=1S/C14H18BrNO/c1-3-6-17-11-4-5-12-10(2)8-16-9-14(15)13(12)7-11/h3-5,7,10,14,16H,1,6,8-9H2,2H3/t10-,14+/m0/s1. The fourth-order valence-corrected chi connectivity index (χ4v) is 2.79. The summed E-state index contributed by atoms with van der Waals surface area (Å²) in [7, 11) is 0. The fourth-order valence-electron chi connectivity index (χ4n) is 2.16. The zero-order chi connectivity index (χ0) is 12.3. The highest BCUT2D eigenvalue weighted by molar-refractivity contribution is 9.09. The van der Waals surface area contributed by atoms with E-state index >= 15 is 0 Å². The largest absolute Gasteiger partial charge is 0.490 e. The normalized spacial score (nSPS) is 23.6. The van der Waals surface area contributed by atoms with Gasteiger partial charge in [0.05, 0.1) is 4.83 Å². The second-order valence-electron chi connectivity index (χ2n) is 4.42. The van der Waals surface area contributed by atoms with Gasteiger partial charge < -0.3 is 10.1 Å². The van der Waals surface area contributed by atoms with E-state index in [1.54, 1.807) is 6.08 Å². The van der Waals surface area contributed by atoms with Gasteiger partial charge in [0.1, 0.15) is 12.4 Å². The molecule has 0 aromatic heterocycles. The van der Waals surface area contributed by atoms with E-state index in [4.69, 9.17) is 4.74 Å². The van der Waals surface area contributed by atoms with E-state index in [2.05, 4.69) is 46.9 Å². The lowest BCUT2D eigenvalue weighted by molar-refractivity contribution is 0.362. The summed E-state index contributed by atoms with van der Waals surface area (Å²) in [6.45, 7) is 8.46. The molecule has 1 N–H and O–H groups in total. The second-order valence-corrected chi connectivity index (χ2v) is 5.52. The van der Waals surface area contributed by atoms with Crippen LogP contribution in [-0.2, 0) is 0 Å². The number of hydrogen-bond donors (Lipinski definition) is 1. The molecule has 17 heavy (non-hydrogen) atoms. The number of fused-ring (bicyclic) bond motifs is 1.